The van der Waals surface area contributed by atoms with Crippen molar-refractivity contribution in [3.05, 3.63) is 71.5 Å². The Balaban J connectivity index is 1.41. The van der Waals surface area contributed by atoms with Crippen molar-refractivity contribution in [2.45, 2.75) is 13.8 Å². The van der Waals surface area contributed by atoms with Crippen LogP contribution in [0.4, 0.5) is 5.69 Å². The van der Waals surface area contributed by atoms with E-state index in [0.29, 0.717) is 18.7 Å². The molecule has 2 heterocycles. The number of hydrogen-bond acceptors (Lipinski definition) is 4. The average Bonchev–Trinajstić information content (AvgIpc) is 3.06. The minimum Gasteiger partial charge on any atom is -0.508 e. The molecule has 1 aliphatic heterocycles. The summed E-state index contributed by atoms with van der Waals surface area (Å²) < 4.78 is 1.89. The van der Waals surface area contributed by atoms with E-state index in [4.69, 9.17) is 0 Å². The van der Waals surface area contributed by atoms with E-state index in [0.717, 1.165) is 35.9 Å². The Bertz CT molecular complexity index is 969. The molecule has 144 valence electrons. The third kappa shape index (κ3) is 3.58. The molecule has 4 rings (SSSR count). The maximum absolute atomic E-state index is 12.9. The summed E-state index contributed by atoms with van der Waals surface area (Å²) in [5, 5.41) is 13.9. The second kappa shape index (κ2) is 7.38. The molecule has 0 bridgehead atoms. The molecule has 6 nitrogen and oxygen atoms in total. The number of aromatic nitrogens is 2. The van der Waals surface area contributed by atoms with E-state index in [-0.39, 0.29) is 11.7 Å². The second-order valence-corrected chi connectivity index (χ2v) is 7.18. The minimum atomic E-state index is 0.0604. The number of amides is 1. The summed E-state index contributed by atoms with van der Waals surface area (Å²) in [6.45, 7) is 6.91. The van der Waals surface area contributed by atoms with Crippen LogP contribution >= 0.6 is 0 Å². The number of piperazine rings is 1. The Morgan fingerprint density at radius 1 is 0.893 bits per heavy atom. The van der Waals surface area contributed by atoms with Crippen molar-refractivity contribution in [2.75, 3.05) is 31.1 Å². The highest BCUT2D eigenvalue weighted by atomic mass is 16.3. The number of anilines is 1. The van der Waals surface area contributed by atoms with Gasteiger partial charge in [0.05, 0.1) is 11.4 Å². The largest absolute Gasteiger partial charge is 0.508 e. The number of aryl methyl sites for hydroxylation is 2. The van der Waals surface area contributed by atoms with Crippen molar-refractivity contribution >= 4 is 11.6 Å². The number of phenolic OH excluding ortho intramolecular Hbond substituents is 1. The smallest absolute Gasteiger partial charge is 0.253 e. The van der Waals surface area contributed by atoms with Gasteiger partial charge in [-0.05, 0) is 68.4 Å². The van der Waals surface area contributed by atoms with Crippen LogP contribution in [-0.2, 0) is 0 Å². The Kier molecular flexibility index (Phi) is 4.77. The summed E-state index contributed by atoms with van der Waals surface area (Å²) in [5.41, 5.74) is 4.77. The fraction of sp³-hybridized carbons (Fsp3) is 0.273. The molecular formula is C22H24N4O2. The quantitative estimate of drug-likeness (QED) is 0.763. The van der Waals surface area contributed by atoms with Gasteiger partial charge in [-0.25, -0.2) is 4.68 Å². The molecule has 1 fully saturated rings. The maximum atomic E-state index is 12.9. The Labute approximate surface area is 164 Å². The molecule has 0 atom stereocenters. The zero-order chi connectivity index (χ0) is 19.7. The fourth-order valence-electron chi connectivity index (χ4n) is 3.65. The molecule has 3 aromatic rings. The molecular weight excluding hydrogens is 352 g/mol. The molecule has 1 amide bonds. The van der Waals surface area contributed by atoms with Crippen LogP contribution in [0.2, 0.25) is 0 Å². The minimum absolute atomic E-state index is 0.0604. The number of benzene rings is 2. The van der Waals surface area contributed by atoms with Crippen molar-refractivity contribution in [3.63, 3.8) is 0 Å². The van der Waals surface area contributed by atoms with Crippen molar-refractivity contribution in [2.24, 2.45) is 0 Å². The maximum Gasteiger partial charge on any atom is 0.253 e. The van der Waals surface area contributed by atoms with Gasteiger partial charge in [-0.2, -0.15) is 5.10 Å². The van der Waals surface area contributed by atoms with Gasteiger partial charge in [0.15, 0.2) is 0 Å². The summed E-state index contributed by atoms with van der Waals surface area (Å²) in [6, 6.07) is 16.9. The van der Waals surface area contributed by atoms with E-state index in [1.165, 1.54) is 0 Å². The van der Waals surface area contributed by atoms with E-state index < -0.39 is 0 Å². The zero-order valence-corrected chi connectivity index (χ0v) is 16.2. The third-order valence-corrected chi connectivity index (χ3v) is 5.15. The first-order valence-corrected chi connectivity index (χ1v) is 9.48. The third-order valence-electron chi connectivity index (χ3n) is 5.15. The highest BCUT2D eigenvalue weighted by molar-refractivity contribution is 5.94. The molecule has 0 radical (unpaired) electrons. The van der Waals surface area contributed by atoms with E-state index in [1.54, 1.807) is 12.1 Å². The summed E-state index contributed by atoms with van der Waals surface area (Å²) >= 11 is 0. The lowest BCUT2D eigenvalue weighted by Crippen LogP contribution is -2.48. The van der Waals surface area contributed by atoms with Crippen LogP contribution in [0, 0.1) is 13.8 Å². The predicted molar refractivity (Wildman–Crippen MR) is 109 cm³/mol. The van der Waals surface area contributed by atoms with Gasteiger partial charge in [0.1, 0.15) is 5.75 Å². The number of carbonyl (C=O) groups is 1. The van der Waals surface area contributed by atoms with Crippen molar-refractivity contribution in [3.8, 4) is 11.4 Å². The van der Waals surface area contributed by atoms with E-state index in [2.05, 4.69) is 10.00 Å². The van der Waals surface area contributed by atoms with E-state index in [9.17, 15) is 9.90 Å². The van der Waals surface area contributed by atoms with Gasteiger partial charge >= 0.3 is 0 Å². The van der Waals surface area contributed by atoms with Gasteiger partial charge in [-0.1, -0.05) is 0 Å². The summed E-state index contributed by atoms with van der Waals surface area (Å²) in [5.74, 6) is 0.326. The van der Waals surface area contributed by atoms with Crippen molar-refractivity contribution in [1.82, 2.24) is 14.7 Å². The zero-order valence-electron chi connectivity index (χ0n) is 16.2. The first-order chi connectivity index (χ1) is 13.5. The SMILES string of the molecule is Cc1cc(C)n(-c2ccc(C(=O)N3CCN(c4ccc(O)cc4)CC3)cc2)n1. The van der Waals surface area contributed by atoms with E-state index >= 15 is 0 Å². The summed E-state index contributed by atoms with van der Waals surface area (Å²) in [4.78, 5) is 17.0. The van der Waals surface area contributed by atoms with Crippen LogP contribution in [0.25, 0.3) is 5.69 Å². The van der Waals surface area contributed by atoms with Gasteiger partial charge < -0.3 is 14.9 Å². The molecule has 0 unspecified atom stereocenters. The lowest BCUT2D eigenvalue weighted by Gasteiger charge is -2.36. The van der Waals surface area contributed by atoms with Crippen LogP contribution in [0.5, 0.6) is 5.75 Å². The Hall–Kier alpha value is -3.28. The standard InChI is InChI=1S/C22H24N4O2/c1-16-15-17(2)26(23-16)20-5-3-18(4-6-20)22(28)25-13-11-24(12-14-25)19-7-9-21(27)10-8-19/h3-10,15,27H,11-14H2,1-2H3. The highest BCUT2D eigenvalue weighted by Gasteiger charge is 2.22. The first-order valence-electron chi connectivity index (χ1n) is 9.48. The molecule has 1 aliphatic rings. The van der Waals surface area contributed by atoms with Crippen LogP contribution in [0.1, 0.15) is 21.7 Å². The van der Waals surface area contributed by atoms with Crippen molar-refractivity contribution < 1.29 is 9.90 Å². The highest BCUT2D eigenvalue weighted by Crippen LogP contribution is 2.21. The molecule has 0 saturated carbocycles. The van der Waals surface area contributed by atoms with Gasteiger partial charge in [-0.3, -0.25) is 4.79 Å². The molecule has 2 aromatic carbocycles. The normalized spacial score (nSPS) is 14.4. The number of phenols is 1. The molecule has 0 aliphatic carbocycles. The average molecular weight is 376 g/mol. The fourth-order valence-corrected chi connectivity index (χ4v) is 3.65. The number of carbonyl (C=O) groups excluding carboxylic acids is 1. The van der Waals surface area contributed by atoms with Gasteiger partial charge in [0, 0.05) is 43.1 Å². The summed E-state index contributed by atoms with van der Waals surface area (Å²) in [7, 11) is 0. The van der Waals surface area contributed by atoms with Crippen LogP contribution < -0.4 is 4.90 Å². The molecule has 1 N–H and O–H groups in total. The van der Waals surface area contributed by atoms with E-state index in [1.807, 2.05) is 65.9 Å². The predicted octanol–water partition coefficient (Wildman–Crippen LogP) is 3.16. The van der Waals surface area contributed by atoms with Crippen molar-refractivity contribution in [1.29, 1.82) is 0 Å². The number of rotatable bonds is 3. The molecule has 0 spiro atoms. The second-order valence-electron chi connectivity index (χ2n) is 7.18. The molecule has 1 saturated heterocycles. The molecule has 6 heteroatoms. The van der Waals surface area contributed by atoms with Gasteiger partial charge in [0.2, 0.25) is 0 Å². The number of hydrogen-bond donors (Lipinski definition) is 1. The van der Waals surface area contributed by atoms with Crippen LogP contribution in [0.3, 0.4) is 0 Å². The van der Waals surface area contributed by atoms with Crippen LogP contribution in [0.15, 0.2) is 54.6 Å². The Morgan fingerprint density at radius 3 is 2.07 bits per heavy atom. The molecule has 1 aromatic heterocycles. The van der Waals surface area contributed by atoms with Gasteiger partial charge in [0.25, 0.3) is 5.91 Å². The van der Waals surface area contributed by atoms with Gasteiger partial charge in [-0.15, -0.1) is 0 Å². The first kappa shape index (κ1) is 18.1. The summed E-state index contributed by atoms with van der Waals surface area (Å²) in [6.07, 6.45) is 0. The lowest BCUT2D eigenvalue weighted by atomic mass is 10.1. The number of aromatic hydroxyl groups is 1. The Morgan fingerprint density at radius 2 is 1.50 bits per heavy atom. The topological polar surface area (TPSA) is 61.6 Å². The lowest BCUT2D eigenvalue weighted by molar-refractivity contribution is 0.0747. The van der Waals surface area contributed by atoms with Crippen LogP contribution in [-0.4, -0.2) is 51.9 Å². The number of nitrogens with zero attached hydrogens (tertiary/aromatic N) is 4. The monoisotopic (exact) mass is 376 g/mol. The molecule has 28 heavy (non-hydrogen) atoms.